The number of rotatable bonds is 5. The van der Waals surface area contributed by atoms with Crippen molar-refractivity contribution in [3.8, 4) is 0 Å². The van der Waals surface area contributed by atoms with E-state index in [2.05, 4.69) is 10.6 Å². The van der Waals surface area contributed by atoms with E-state index in [0.717, 1.165) is 11.3 Å². The number of hydrogen-bond donors (Lipinski definition) is 2. The Balaban J connectivity index is 1.82. The molecule has 2 rings (SSSR count). The lowest BCUT2D eigenvalue weighted by Gasteiger charge is -2.07. The first-order valence-electron chi connectivity index (χ1n) is 7.28. The van der Waals surface area contributed by atoms with Crippen LogP contribution in [0.3, 0.4) is 0 Å². The van der Waals surface area contributed by atoms with Crippen LogP contribution in [-0.4, -0.2) is 24.9 Å². The van der Waals surface area contributed by atoms with Crippen molar-refractivity contribution in [2.45, 2.75) is 20.8 Å². The van der Waals surface area contributed by atoms with Gasteiger partial charge in [-0.25, -0.2) is 0 Å². The Morgan fingerprint density at radius 3 is 2.04 bits per heavy atom. The Bertz CT molecular complexity index is 720. The highest BCUT2D eigenvalue weighted by atomic mass is 35.5. The van der Waals surface area contributed by atoms with Crippen LogP contribution in [0.15, 0.2) is 28.7 Å². The molecule has 2 amide bonds. The van der Waals surface area contributed by atoms with Gasteiger partial charge in [-0.05, 0) is 45.0 Å². The van der Waals surface area contributed by atoms with Gasteiger partial charge in [-0.1, -0.05) is 11.6 Å². The first kappa shape index (κ1) is 17.1. The SMILES string of the molecule is Cc1oc(C)c(C(=O)NCCNC(=O)c2ccc(Cl)cc2)c1C. The van der Waals surface area contributed by atoms with Crippen molar-refractivity contribution in [1.82, 2.24) is 10.6 Å². The molecule has 0 fully saturated rings. The number of aryl methyl sites for hydroxylation is 2. The molecule has 1 aromatic carbocycles. The lowest BCUT2D eigenvalue weighted by atomic mass is 10.1. The number of carbonyl (C=O) groups excluding carboxylic acids is 2. The molecule has 0 aliphatic heterocycles. The number of nitrogens with one attached hydrogen (secondary N) is 2. The molecule has 0 radical (unpaired) electrons. The Hall–Kier alpha value is -2.27. The normalized spacial score (nSPS) is 10.4. The largest absolute Gasteiger partial charge is 0.466 e. The van der Waals surface area contributed by atoms with Crippen LogP contribution in [0, 0.1) is 20.8 Å². The molecule has 1 aromatic heterocycles. The maximum Gasteiger partial charge on any atom is 0.255 e. The smallest absolute Gasteiger partial charge is 0.255 e. The Morgan fingerprint density at radius 1 is 0.957 bits per heavy atom. The molecular weight excluding hydrogens is 316 g/mol. The fourth-order valence-electron chi connectivity index (χ4n) is 2.27. The number of hydrogen-bond acceptors (Lipinski definition) is 3. The Labute approximate surface area is 140 Å². The standard InChI is InChI=1S/C17H19ClN2O3/c1-10-11(2)23-12(3)15(10)17(22)20-9-8-19-16(21)13-4-6-14(18)7-5-13/h4-7H,8-9H2,1-3H3,(H,19,21)(H,20,22). The average molecular weight is 335 g/mol. The van der Waals surface area contributed by atoms with Gasteiger partial charge in [0.05, 0.1) is 5.56 Å². The van der Waals surface area contributed by atoms with Gasteiger partial charge in [-0.2, -0.15) is 0 Å². The highest BCUT2D eigenvalue weighted by Gasteiger charge is 2.17. The molecule has 23 heavy (non-hydrogen) atoms. The second kappa shape index (κ2) is 7.33. The van der Waals surface area contributed by atoms with E-state index in [1.54, 1.807) is 31.2 Å². The van der Waals surface area contributed by atoms with E-state index in [1.165, 1.54) is 0 Å². The van der Waals surface area contributed by atoms with Gasteiger partial charge >= 0.3 is 0 Å². The highest BCUT2D eigenvalue weighted by molar-refractivity contribution is 6.30. The Kier molecular flexibility index (Phi) is 5.45. The average Bonchev–Trinajstić information content (AvgIpc) is 2.77. The van der Waals surface area contributed by atoms with Crippen LogP contribution in [0.2, 0.25) is 5.02 Å². The molecule has 0 aliphatic carbocycles. The lowest BCUT2D eigenvalue weighted by Crippen LogP contribution is -2.35. The van der Waals surface area contributed by atoms with Crippen molar-refractivity contribution >= 4 is 23.4 Å². The van der Waals surface area contributed by atoms with Gasteiger partial charge in [-0.3, -0.25) is 9.59 Å². The van der Waals surface area contributed by atoms with Crippen molar-refractivity contribution in [2.24, 2.45) is 0 Å². The van der Waals surface area contributed by atoms with Crippen LogP contribution in [0.4, 0.5) is 0 Å². The quantitative estimate of drug-likeness (QED) is 0.826. The molecule has 0 saturated heterocycles. The van der Waals surface area contributed by atoms with Crippen LogP contribution in [0.1, 0.15) is 37.8 Å². The third-order valence-electron chi connectivity index (χ3n) is 3.59. The fraction of sp³-hybridized carbons (Fsp3) is 0.294. The highest BCUT2D eigenvalue weighted by Crippen LogP contribution is 2.20. The zero-order valence-electron chi connectivity index (χ0n) is 13.3. The van der Waals surface area contributed by atoms with E-state index in [-0.39, 0.29) is 11.8 Å². The Morgan fingerprint density at radius 2 is 1.52 bits per heavy atom. The summed E-state index contributed by atoms with van der Waals surface area (Å²) in [6, 6.07) is 6.62. The van der Waals surface area contributed by atoms with Crippen molar-refractivity contribution in [3.05, 3.63) is 57.5 Å². The summed E-state index contributed by atoms with van der Waals surface area (Å²) >= 11 is 5.78. The van der Waals surface area contributed by atoms with E-state index >= 15 is 0 Å². The first-order valence-corrected chi connectivity index (χ1v) is 7.66. The van der Waals surface area contributed by atoms with Gasteiger partial charge in [0.15, 0.2) is 0 Å². The molecule has 0 atom stereocenters. The predicted molar refractivity (Wildman–Crippen MR) is 89.0 cm³/mol. The number of carbonyl (C=O) groups is 2. The van der Waals surface area contributed by atoms with Crippen LogP contribution in [0.25, 0.3) is 0 Å². The molecular formula is C17H19ClN2O3. The molecule has 2 aromatic rings. The minimum absolute atomic E-state index is 0.197. The first-order chi connectivity index (χ1) is 10.9. The molecule has 5 nitrogen and oxygen atoms in total. The van der Waals surface area contributed by atoms with Crippen molar-refractivity contribution < 1.29 is 14.0 Å². The summed E-state index contributed by atoms with van der Waals surface area (Å²) < 4.78 is 5.44. The topological polar surface area (TPSA) is 71.3 Å². The minimum atomic E-state index is -0.206. The van der Waals surface area contributed by atoms with Gasteiger partial charge in [0, 0.05) is 29.2 Å². The number of halogens is 1. The number of benzene rings is 1. The van der Waals surface area contributed by atoms with E-state index in [0.29, 0.717) is 35.0 Å². The summed E-state index contributed by atoms with van der Waals surface area (Å²) in [5, 5.41) is 6.09. The van der Waals surface area contributed by atoms with Crippen LogP contribution < -0.4 is 10.6 Å². The molecule has 6 heteroatoms. The van der Waals surface area contributed by atoms with Gasteiger partial charge < -0.3 is 15.1 Å². The lowest BCUT2D eigenvalue weighted by molar-refractivity contribution is 0.0926. The summed E-state index contributed by atoms with van der Waals surface area (Å²) in [6.45, 7) is 6.11. The number of furan rings is 1. The molecule has 0 aliphatic rings. The van der Waals surface area contributed by atoms with Crippen molar-refractivity contribution in [2.75, 3.05) is 13.1 Å². The summed E-state index contributed by atoms with van der Waals surface area (Å²) in [5.74, 6) is 0.936. The molecule has 122 valence electrons. The molecule has 1 heterocycles. The van der Waals surface area contributed by atoms with E-state index in [1.807, 2.05) is 13.8 Å². The molecule has 0 spiro atoms. The van der Waals surface area contributed by atoms with E-state index in [9.17, 15) is 9.59 Å². The van der Waals surface area contributed by atoms with Crippen LogP contribution in [0.5, 0.6) is 0 Å². The van der Waals surface area contributed by atoms with Gasteiger partial charge in [0.25, 0.3) is 11.8 Å². The molecule has 0 bridgehead atoms. The third-order valence-corrected chi connectivity index (χ3v) is 3.84. The zero-order chi connectivity index (χ0) is 17.0. The monoisotopic (exact) mass is 334 g/mol. The van der Waals surface area contributed by atoms with E-state index in [4.69, 9.17) is 16.0 Å². The van der Waals surface area contributed by atoms with Crippen LogP contribution >= 0.6 is 11.6 Å². The maximum absolute atomic E-state index is 12.2. The second-order valence-electron chi connectivity index (χ2n) is 5.23. The summed E-state index contributed by atoms with van der Waals surface area (Å²) in [7, 11) is 0. The summed E-state index contributed by atoms with van der Waals surface area (Å²) in [6.07, 6.45) is 0. The predicted octanol–water partition coefficient (Wildman–Crippen LogP) is 3.02. The molecule has 0 unspecified atom stereocenters. The summed E-state index contributed by atoms with van der Waals surface area (Å²) in [4.78, 5) is 24.1. The fourth-order valence-corrected chi connectivity index (χ4v) is 2.40. The maximum atomic E-state index is 12.2. The van der Waals surface area contributed by atoms with Gasteiger partial charge in [0.1, 0.15) is 11.5 Å². The minimum Gasteiger partial charge on any atom is -0.466 e. The van der Waals surface area contributed by atoms with Crippen LogP contribution in [-0.2, 0) is 0 Å². The molecule has 0 saturated carbocycles. The second-order valence-corrected chi connectivity index (χ2v) is 5.67. The summed E-state index contributed by atoms with van der Waals surface area (Å²) in [5.41, 5.74) is 1.93. The zero-order valence-corrected chi connectivity index (χ0v) is 14.1. The molecule has 2 N–H and O–H groups in total. The van der Waals surface area contributed by atoms with Crippen molar-refractivity contribution in [1.29, 1.82) is 0 Å². The third kappa shape index (κ3) is 4.13. The van der Waals surface area contributed by atoms with Gasteiger partial charge in [-0.15, -0.1) is 0 Å². The number of amides is 2. The van der Waals surface area contributed by atoms with Crippen molar-refractivity contribution in [3.63, 3.8) is 0 Å². The van der Waals surface area contributed by atoms with Gasteiger partial charge in [0.2, 0.25) is 0 Å². The van der Waals surface area contributed by atoms with E-state index < -0.39 is 0 Å².